The van der Waals surface area contributed by atoms with E-state index in [0.29, 0.717) is 5.69 Å². The van der Waals surface area contributed by atoms with E-state index >= 15 is 0 Å². The fraction of sp³-hybridized carbons (Fsp3) is 0.143. The van der Waals surface area contributed by atoms with Crippen molar-refractivity contribution in [2.24, 2.45) is 0 Å². The highest BCUT2D eigenvalue weighted by Gasteiger charge is 2.19. The second kappa shape index (κ2) is 6.27. The standard InChI is InChI=1S/C14H13NO5S/c1-19-10-5-3-4-8(11(10)16)13(17)15-9-6-7-21-12(9)14(18)20-2/h3-7,16H,1-2H3,(H,15,17). The highest BCUT2D eigenvalue weighted by Crippen LogP contribution is 2.31. The van der Waals surface area contributed by atoms with Gasteiger partial charge in [0.1, 0.15) is 4.88 Å². The Morgan fingerprint density at radius 2 is 2.00 bits per heavy atom. The van der Waals surface area contributed by atoms with Crippen LogP contribution in [0.25, 0.3) is 0 Å². The van der Waals surface area contributed by atoms with Gasteiger partial charge < -0.3 is 19.9 Å². The molecule has 0 aliphatic carbocycles. The molecule has 21 heavy (non-hydrogen) atoms. The second-order valence-electron chi connectivity index (χ2n) is 3.97. The normalized spacial score (nSPS) is 10.0. The van der Waals surface area contributed by atoms with Crippen LogP contribution in [0.1, 0.15) is 20.0 Å². The summed E-state index contributed by atoms with van der Waals surface area (Å²) < 4.78 is 9.58. The monoisotopic (exact) mass is 307 g/mol. The molecule has 0 aliphatic heterocycles. The van der Waals surface area contributed by atoms with Gasteiger partial charge in [-0.2, -0.15) is 0 Å². The number of carbonyl (C=O) groups is 2. The first kappa shape index (κ1) is 14.9. The van der Waals surface area contributed by atoms with Crippen molar-refractivity contribution in [3.05, 3.63) is 40.1 Å². The lowest BCUT2D eigenvalue weighted by Gasteiger charge is -2.09. The summed E-state index contributed by atoms with van der Waals surface area (Å²) >= 11 is 1.15. The van der Waals surface area contributed by atoms with Crippen LogP contribution in [0.3, 0.4) is 0 Å². The van der Waals surface area contributed by atoms with Crippen LogP contribution in [0.15, 0.2) is 29.6 Å². The Bertz CT molecular complexity index is 680. The third-order valence-electron chi connectivity index (χ3n) is 2.75. The molecular weight excluding hydrogens is 294 g/mol. The highest BCUT2D eigenvalue weighted by atomic mass is 32.1. The number of aromatic hydroxyl groups is 1. The number of anilines is 1. The third kappa shape index (κ3) is 2.97. The van der Waals surface area contributed by atoms with E-state index in [4.69, 9.17) is 4.74 Å². The number of thiophene rings is 1. The Morgan fingerprint density at radius 1 is 1.24 bits per heavy atom. The SMILES string of the molecule is COC(=O)c1sccc1NC(=O)c1cccc(OC)c1O. The molecule has 6 nitrogen and oxygen atoms in total. The van der Waals surface area contributed by atoms with E-state index in [1.54, 1.807) is 17.5 Å². The number of amides is 1. The molecule has 1 heterocycles. The molecule has 1 amide bonds. The van der Waals surface area contributed by atoms with Crippen LogP contribution >= 0.6 is 11.3 Å². The van der Waals surface area contributed by atoms with Crippen molar-refractivity contribution in [3.63, 3.8) is 0 Å². The summed E-state index contributed by atoms with van der Waals surface area (Å²) in [6.07, 6.45) is 0. The maximum absolute atomic E-state index is 12.2. The summed E-state index contributed by atoms with van der Waals surface area (Å²) in [6, 6.07) is 6.17. The largest absolute Gasteiger partial charge is 0.504 e. The zero-order valence-corrected chi connectivity index (χ0v) is 12.2. The first-order chi connectivity index (χ1) is 10.1. The number of ether oxygens (including phenoxy) is 2. The molecule has 2 rings (SSSR count). The predicted octanol–water partition coefficient (Wildman–Crippen LogP) is 2.50. The van der Waals surface area contributed by atoms with Gasteiger partial charge in [-0.25, -0.2) is 4.79 Å². The molecule has 0 saturated carbocycles. The number of esters is 1. The van der Waals surface area contributed by atoms with Gasteiger partial charge in [-0.1, -0.05) is 6.07 Å². The van der Waals surface area contributed by atoms with Crippen LogP contribution in [0, 0.1) is 0 Å². The summed E-state index contributed by atoms with van der Waals surface area (Å²) in [5.41, 5.74) is 0.385. The van der Waals surface area contributed by atoms with Crippen LogP contribution in [-0.4, -0.2) is 31.2 Å². The summed E-state index contributed by atoms with van der Waals surface area (Å²) in [7, 11) is 2.66. The van der Waals surface area contributed by atoms with E-state index in [1.165, 1.54) is 26.4 Å². The van der Waals surface area contributed by atoms with Crippen molar-refractivity contribution < 1.29 is 24.2 Å². The Kier molecular flexibility index (Phi) is 4.44. The second-order valence-corrected chi connectivity index (χ2v) is 4.88. The van der Waals surface area contributed by atoms with Crippen LogP contribution < -0.4 is 10.1 Å². The van der Waals surface area contributed by atoms with Crippen molar-refractivity contribution in [2.75, 3.05) is 19.5 Å². The van der Waals surface area contributed by atoms with Crippen LogP contribution in [0.4, 0.5) is 5.69 Å². The molecule has 0 unspecified atom stereocenters. The minimum Gasteiger partial charge on any atom is -0.504 e. The molecule has 0 bridgehead atoms. The molecule has 1 aromatic carbocycles. The first-order valence-electron chi connectivity index (χ1n) is 5.91. The molecule has 0 fully saturated rings. The Morgan fingerprint density at radius 3 is 2.67 bits per heavy atom. The summed E-state index contributed by atoms with van der Waals surface area (Å²) in [5.74, 6) is -1.14. The maximum atomic E-state index is 12.2. The van der Waals surface area contributed by atoms with Gasteiger partial charge in [0.15, 0.2) is 11.5 Å². The number of methoxy groups -OCH3 is 2. The van der Waals surface area contributed by atoms with Crippen molar-refractivity contribution in [1.29, 1.82) is 0 Å². The van der Waals surface area contributed by atoms with Crippen LogP contribution in [0.2, 0.25) is 0 Å². The molecule has 0 aliphatic rings. The molecule has 7 heteroatoms. The van der Waals surface area contributed by atoms with E-state index < -0.39 is 11.9 Å². The number of nitrogens with one attached hydrogen (secondary N) is 1. The number of hydrogen-bond donors (Lipinski definition) is 2. The summed E-state index contributed by atoms with van der Waals surface area (Å²) in [6.45, 7) is 0. The molecule has 0 radical (unpaired) electrons. The lowest BCUT2D eigenvalue weighted by molar-refractivity contribution is 0.0607. The minimum absolute atomic E-state index is 0.0522. The Balaban J connectivity index is 2.27. The van der Waals surface area contributed by atoms with Gasteiger partial charge in [-0.3, -0.25) is 4.79 Å². The topological polar surface area (TPSA) is 84.9 Å². The average Bonchev–Trinajstić information content (AvgIpc) is 2.94. The van der Waals surface area contributed by atoms with Crippen molar-refractivity contribution in [2.45, 2.75) is 0 Å². The number of phenolic OH excluding ortho intramolecular Hbond substituents is 1. The van der Waals surface area contributed by atoms with E-state index in [2.05, 4.69) is 10.1 Å². The first-order valence-corrected chi connectivity index (χ1v) is 6.79. The summed E-state index contributed by atoms with van der Waals surface area (Å²) in [5, 5.41) is 14.2. The quantitative estimate of drug-likeness (QED) is 0.848. The lowest BCUT2D eigenvalue weighted by Crippen LogP contribution is -2.14. The lowest BCUT2D eigenvalue weighted by atomic mass is 10.1. The highest BCUT2D eigenvalue weighted by molar-refractivity contribution is 7.12. The van der Waals surface area contributed by atoms with Gasteiger partial charge in [0.25, 0.3) is 5.91 Å². The Hall–Kier alpha value is -2.54. The molecule has 0 saturated heterocycles. The smallest absolute Gasteiger partial charge is 0.350 e. The number of hydrogen-bond acceptors (Lipinski definition) is 6. The van der Waals surface area contributed by atoms with E-state index in [0.717, 1.165) is 11.3 Å². The molecule has 2 aromatic rings. The van der Waals surface area contributed by atoms with Crippen LogP contribution in [-0.2, 0) is 4.74 Å². The van der Waals surface area contributed by atoms with Gasteiger partial charge >= 0.3 is 5.97 Å². The van der Waals surface area contributed by atoms with E-state index in [-0.39, 0.29) is 21.9 Å². The fourth-order valence-corrected chi connectivity index (χ4v) is 2.48. The van der Waals surface area contributed by atoms with Gasteiger partial charge in [-0.05, 0) is 23.6 Å². The van der Waals surface area contributed by atoms with Crippen molar-refractivity contribution in [3.8, 4) is 11.5 Å². The number of phenols is 1. The molecule has 1 aromatic heterocycles. The zero-order chi connectivity index (χ0) is 15.4. The zero-order valence-electron chi connectivity index (χ0n) is 11.4. The van der Waals surface area contributed by atoms with Gasteiger partial charge in [0, 0.05) is 0 Å². The predicted molar refractivity (Wildman–Crippen MR) is 78.3 cm³/mol. The third-order valence-corrected chi connectivity index (χ3v) is 3.64. The van der Waals surface area contributed by atoms with E-state index in [9.17, 15) is 14.7 Å². The molecule has 2 N–H and O–H groups in total. The molecule has 0 spiro atoms. The minimum atomic E-state index is -0.546. The van der Waals surface area contributed by atoms with Gasteiger partial charge in [0.05, 0.1) is 25.5 Å². The number of carbonyl (C=O) groups excluding carboxylic acids is 2. The van der Waals surface area contributed by atoms with E-state index in [1.807, 2.05) is 0 Å². The number of rotatable bonds is 4. The van der Waals surface area contributed by atoms with Gasteiger partial charge in [-0.15, -0.1) is 11.3 Å². The molecule has 110 valence electrons. The van der Waals surface area contributed by atoms with Crippen LogP contribution in [0.5, 0.6) is 11.5 Å². The van der Waals surface area contributed by atoms with Crippen molar-refractivity contribution >= 4 is 28.9 Å². The van der Waals surface area contributed by atoms with Gasteiger partial charge in [0.2, 0.25) is 0 Å². The Labute approximate surface area is 124 Å². The molecule has 0 atom stereocenters. The number of para-hydroxylation sites is 1. The molecular formula is C14H13NO5S. The summed E-state index contributed by atoms with van der Waals surface area (Å²) in [4.78, 5) is 24.0. The maximum Gasteiger partial charge on any atom is 0.350 e. The fourth-order valence-electron chi connectivity index (χ4n) is 1.72. The number of benzene rings is 1. The van der Waals surface area contributed by atoms with Crippen molar-refractivity contribution in [1.82, 2.24) is 0 Å². The average molecular weight is 307 g/mol.